The zero-order valence-electron chi connectivity index (χ0n) is 11.0. The van der Waals surface area contributed by atoms with Crippen molar-refractivity contribution in [2.24, 2.45) is 0 Å². The van der Waals surface area contributed by atoms with Gasteiger partial charge in [-0.3, -0.25) is 9.78 Å². The second kappa shape index (κ2) is 6.67. The van der Waals surface area contributed by atoms with Gasteiger partial charge in [-0.2, -0.15) is 4.98 Å². The lowest BCUT2D eigenvalue weighted by Gasteiger charge is -2.07. The Morgan fingerprint density at radius 2 is 2.15 bits per heavy atom. The van der Waals surface area contributed by atoms with Crippen molar-refractivity contribution >= 4 is 29.8 Å². The van der Waals surface area contributed by atoms with Gasteiger partial charge in [-0.1, -0.05) is 23.4 Å². The highest BCUT2D eigenvalue weighted by Gasteiger charge is 2.08. The number of carbonyl (C=O) groups is 1. The number of aromatic nitrogens is 3. The van der Waals surface area contributed by atoms with Crippen LogP contribution in [0.4, 0.5) is 0 Å². The second-order valence-electron chi connectivity index (χ2n) is 4.05. The molecule has 0 saturated heterocycles. The summed E-state index contributed by atoms with van der Waals surface area (Å²) in [5.74, 6) is 0.865. The van der Waals surface area contributed by atoms with Crippen molar-refractivity contribution in [3.8, 4) is 5.88 Å². The van der Waals surface area contributed by atoms with Gasteiger partial charge >= 0.3 is 0 Å². The summed E-state index contributed by atoms with van der Waals surface area (Å²) in [6.07, 6.45) is 3.38. The highest BCUT2D eigenvalue weighted by molar-refractivity contribution is 7.98. The number of pyridine rings is 1. The fourth-order valence-corrected chi connectivity index (χ4v) is 2.94. The van der Waals surface area contributed by atoms with Crippen LogP contribution in [0.15, 0.2) is 23.6 Å². The highest BCUT2D eigenvalue weighted by atomic mass is 35.5. The fraction of sp³-hybridized carbons (Fsp3) is 0.231. The SMILES string of the molecule is Cc1cc(OC=O)nc(SCc2c(C)cncc2Cl)n1. The Morgan fingerprint density at radius 3 is 2.85 bits per heavy atom. The van der Waals surface area contributed by atoms with Crippen LogP contribution in [0.3, 0.4) is 0 Å². The fourth-order valence-electron chi connectivity index (χ4n) is 1.57. The molecule has 0 radical (unpaired) electrons. The van der Waals surface area contributed by atoms with Gasteiger partial charge in [0.05, 0.1) is 5.02 Å². The minimum absolute atomic E-state index is 0.243. The van der Waals surface area contributed by atoms with E-state index in [9.17, 15) is 4.79 Å². The minimum Gasteiger partial charge on any atom is -0.410 e. The van der Waals surface area contributed by atoms with Crippen LogP contribution in [0.5, 0.6) is 5.88 Å². The van der Waals surface area contributed by atoms with E-state index in [1.807, 2.05) is 13.8 Å². The minimum atomic E-state index is 0.243. The number of thioether (sulfide) groups is 1. The van der Waals surface area contributed by atoms with Crippen LogP contribution < -0.4 is 4.74 Å². The number of hydrogen-bond donors (Lipinski definition) is 0. The normalized spacial score (nSPS) is 10.3. The van der Waals surface area contributed by atoms with Gasteiger partial charge in [-0.25, -0.2) is 4.98 Å². The first kappa shape index (κ1) is 14.7. The average Bonchev–Trinajstić information content (AvgIpc) is 2.38. The lowest BCUT2D eigenvalue weighted by Crippen LogP contribution is -1.98. The summed E-state index contributed by atoms with van der Waals surface area (Å²) < 4.78 is 4.75. The van der Waals surface area contributed by atoms with Crippen molar-refractivity contribution in [2.75, 3.05) is 0 Å². The van der Waals surface area contributed by atoms with Gasteiger partial charge in [0.25, 0.3) is 6.47 Å². The Labute approximate surface area is 125 Å². The third kappa shape index (κ3) is 3.68. The molecule has 5 nitrogen and oxygen atoms in total. The summed E-state index contributed by atoms with van der Waals surface area (Å²) in [5.41, 5.74) is 2.74. The first-order valence-corrected chi connectivity index (χ1v) is 7.14. The van der Waals surface area contributed by atoms with E-state index in [2.05, 4.69) is 15.0 Å². The van der Waals surface area contributed by atoms with Crippen LogP contribution in [0.2, 0.25) is 5.02 Å². The highest BCUT2D eigenvalue weighted by Crippen LogP contribution is 2.27. The summed E-state index contributed by atoms with van der Waals surface area (Å²) in [6.45, 7) is 4.11. The molecule has 0 fully saturated rings. The standard InChI is InChI=1S/C13H12ClN3O2S/c1-8-4-15-5-11(14)10(8)6-20-13-16-9(2)3-12(17-13)19-7-18/h3-5,7H,6H2,1-2H3. The van der Waals surface area contributed by atoms with Gasteiger partial charge in [0, 0.05) is 29.9 Å². The molecule has 2 rings (SSSR count). The Balaban J connectivity index is 2.16. The molecule has 0 unspecified atom stereocenters. The van der Waals surface area contributed by atoms with E-state index >= 15 is 0 Å². The van der Waals surface area contributed by atoms with E-state index in [1.165, 1.54) is 11.8 Å². The van der Waals surface area contributed by atoms with Crippen LogP contribution in [-0.4, -0.2) is 21.4 Å². The number of carbonyl (C=O) groups excluding carboxylic acids is 1. The molecule has 0 aliphatic rings. The number of ether oxygens (including phenoxy) is 1. The van der Waals surface area contributed by atoms with Crippen molar-refractivity contribution in [2.45, 2.75) is 24.8 Å². The van der Waals surface area contributed by atoms with Crippen molar-refractivity contribution in [3.63, 3.8) is 0 Å². The molecule has 2 heterocycles. The van der Waals surface area contributed by atoms with E-state index in [-0.39, 0.29) is 5.88 Å². The van der Waals surface area contributed by atoms with Gasteiger partial charge in [-0.05, 0) is 25.0 Å². The molecule has 0 saturated carbocycles. The lowest BCUT2D eigenvalue weighted by atomic mass is 10.2. The molecule has 0 amide bonds. The third-order valence-electron chi connectivity index (χ3n) is 2.55. The molecule has 0 aliphatic heterocycles. The molecule has 2 aromatic rings. The summed E-state index contributed by atoms with van der Waals surface area (Å²) in [5, 5.41) is 1.16. The molecular formula is C13H12ClN3O2S. The van der Waals surface area contributed by atoms with Crippen LogP contribution >= 0.6 is 23.4 Å². The molecule has 0 spiro atoms. The van der Waals surface area contributed by atoms with E-state index in [4.69, 9.17) is 16.3 Å². The van der Waals surface area contributed by atoms with Gasteiger partial charge in [-0.15, -0.1) is 0 Å². The molecule has 0 bridgehead atoms. The molecule has 2 aromatic heterocycles. The predicted octanol–water partition coefficient (Wildman–Crippen LogP) is 2.97. The van der Waals surface area contributed by atoms with Gasteiger partial charge in [0.1, 0.15) is 0 Å². The van der Waals surface area contributed by atoms with Crippen molar-refractivity contribution in [1.29, 1.82) is 0 Å². The number of nitrogens with zero attached hydrogens (tertiary/aromatic N) is 3. The van der Waals surface area contributed by atoms with Gasteiger partial charge in [0.15, 0.2) is 5.16 Å². The smallest absolute Gasteiger partial charge is 0.299 e. The van der Waals surface area contributed by atoms with Crippen LogP contribution in [0, 0.1) is 13.8 Å². The second-order valence-corrected chi connectivity index (χ2v) is 5.40. The van der Waals surface area contributed by atoms with Crippen molar-refractivity contribution in [3.05, 3.63) is 40.3 Å². The largest absolute Gasteiger partial charge is 0.410 e. The lowest BCUT2D eigenvalue weighted by molar-refractivity contribution is -0.121. The average molecular weight is 310 g/mol. The van der Waals surface area contributed by atoms with Crippen molar-refractivity contribution in [1.82, 2.24) is 15.0 Å². The van der Waals surface area contributed by atoms with E-state index in [0.29, 0.717) is 22.4 Å². The monoisotopic (exact) mass is 309 g/mol. The molecule has 7 heteroatoms. The van der Waals surface area contributed by atoms with Crippen LogP contribution in [0.25, 0.3) is 0 Å². The first-order valence-electron chi connectivity index (χ1n) is 5.78. The van der Waals surface area contributed by atoms with Gasteiger partial charge < -0.3 is 4.74 Å². The molecule has 0 aromatic carbocycles. The Bertz CT molecular complexity index is 617. The molecule has 0 aliphatic carbocycles. The van der Waals surface area contributed by atoms with Gasteiger partial charge in [0.2, 0.25) is 5.88 Å². The maximum atomic E-state index is 10.4. The Hall–Kier alpha value is -1.66. The quantitative estimate of drug-likeness (QED) is 0.480. The Kier molecular flexibility index (Phi) is 4.92. The Morgan fingerprint density at radius 1 is 1.35 bits per heavy atom. The predicted molar refractivity (Wildman–Crippen MR) is 77.0 cm³/mol. The molecule has 20 heavy (non-hydrogen) atoms. The van der Waals surface area contributed by atoms with E-state index in [0.717, 1.165) is 16.8 Å². The number of halogens is 1. The maximum Gasteiger partial charge on any atom is 0.299 e. The molecule has 0 N–H and O–H groups in total. The molecule has 104 valence electrons. The summed E-state index contributed by atoms with van der Waals surface area (Å²) in [7, 11) is 0. The summed E-state index contributed by atoms with van der Waals surface area (Å²) in [6, 6.07) is 1.60. The zero-order chi connectivity index (χ0) is 14.5. The van der Waals surface area contributed by atoms with Crippen LogP contribution in [-0.2, 0) is 10.5 Å². The number of hydrogen-bond acceptors (Lipinski definition) is 6. The summed E-state index contributed by atoms with van der Waals surface area (Å²) in [4.78, 5) is 22.8. The third-order valence-corrected chi connectivity index (χ3v) is 3.74. The first-order chi connectivity index (χ1) is 9.60. The number of aryl methyl sites for hydroxylation is 2. The molecule has 0 atom stereocenters. The topological polar surface area (TPSA) is 65.0 Å². The van der Waals surface area contributed by atoms with Crippen LogP contribution in [0.1, 0.15) is 16.8 Å². The summed E-state index contributed by atoms with van der Waals surface area (Å²) >= 11 is 7.55. The van der Waals surface area contributed by atoms with E-state index in [1.54, 1.807) is 18.5 Å². The van der Waals surface area contributed by atoms with E-state index < -0.39 is 0 Å². The number of rotatable bonds is 5. The zero-order valence-corrected chi connectivity index (χ0v) is 12.5. The maximum absolute atomic E-state index is 10.4. The molecular weight excluding hydrogens is 298 g/mol. The van der Waals surface area contributed by atoms with Crippen molar-refractivity contribution < 1.29 is 9.53 Å².